The van der Waals surface area contributed by atoms with Crippen molar-refractivity contribution in [2.75, 3.05) is 17.3 Å². The van der Waals surface area contributed by atoms with E-state index in [-0.39, 0.29) is 36.9 Å². The van der Waals surface area contributed by atoms with Crippen molar-refractivity contribution in [1.82, 2.24) is 25.5 Å². The summed E-state index contributed by atoms with van der Waals surface area (Å²) in [5.74, 6) is -1.10. The molecule has 2 aliphatic rings. The average Bonchev–Trinajstić information content (AvgIpc) is 3.38. The number of H-pyrrole nitrogens is 1. The quantitative estimate of drug-likeness (QED) is 0.515. The first-order valence-electron chi connectivity index (χ1n) is 12.2. The molecule has 2 aromatic heterocycles. The highest BCUT2D eigenvalue weighted by molar-refractivity contribution is 5.68. The Bertz CT molecular complexity index is 1020. The third-order valence-corrected chi connectivity index (χ3v) is 6.62. The first-order valence-corrected chi connectivity index (χ1v) is 12.2. The number of nitrogens with zero attached hydrogens (tertiary/aromatic N) is 4. The van der Waals surface area contributed by atoms with E-state index >= 15 is 0 Å². The van der Waals surface area contributed by atoms with Crippen LogP contribution >= 0.6 is 0 Å². The number of hydrogen-bond donors (Lipinski definition) is 3. The van der Waals surface area contributed by atoms with Gasteiger partial charge in [-0.05, 0) is 58.9 Å². The lowest BCUT2D eigenvalue weighted by Gasteiger charge is -2.35. The van der Waals surface area contributed by atoms with Crippen LogP contribution < -0.4 is 15.5 Å². The second kappa shape index (κ2) is 9.94. The standard InChI is InChI=1S/C24H35F2N7O2/c1-23(2,3)35-22(34)28-16-5-7-17(8-6-16)33(4)21-27-12-10-19(30-21)29-20-13-18(31-32-20)15-9-11-24(25,26)14-15/h10,12-13,15-17H,5-9,11,14H2,1-4H3,(H,28,34)(H2,27,29,30,31,32). The molecule has 2 aromatic rings. The number of nitrogens with one attached hydrogen (secondary N) is 3. The largest absolute Gasteiger partial charge is 0.444 e. The van der Waals surface area contributed by atoms with Gasteiger partial charge in [-0.3, -0.25) is 5.10 Å². The van der Waals surface area contributed by atoms with Crippen molar-refractivity contribution in [3.8, 4) is 0 Å². The van der Waals surface area contributed by atoms with Gasteiger partial charge in [0.1, 0.15) is 11.4 Å². The van der Waals surface area contributed by atoms with Gasteiger partial charge in [-0.1, -0.05) is 0 Å². The Morgan fingerprint density at radius 2 is 1.94 bits per heavy atom. The molecule has 192 valence electrons. The molecule has 1 atom stereocenters. The molecule has 2 heterocycles. The number of aromatic nitrogens is 4. The highest BCUT2D eigenvalue weighted by Crippen LogP contribution is 2.44. The number of hydrogen-bond acceptors (Lipinski definition) is 7. The fourth-order valence-corrected chi connectivity index (χ4v) is 4.79. The summed E-state index contributed by atoms with van der Waals surface area (Å²) in [6, 6.07) is 3.87. The number of halogens is 2. The van der Waals surface area contributed by atoms with Crippen molar-refractivity contribution in [1.29, 1.82) is 0 Å². The number of ether oxygens (including phenoxy) is 1. The second-order valence-corrected chi connectivity index (χ2v) is 10.6. The Labute approximate surface area is 204 Å². The Morgan fingerprint density at radius 3 is 2.60 bits per heavy atom. The molecule has 2 fully saturated rings. The maximum Gasteiger partial charge on any atom is 0.407 e. The highest BCUT2D eigenvalue weighted by atomic mass is 19.3. The summed E-state index contributed by atoms with van der Waals surface area (Å²) in [6.45, 7) is 5.55. The van der Waals surface area contributed by atoms with E-state index in [1.807, 2.05) is 27.8 Å². The van der Waals surface area contributed by atoms with Crippen LogP contribution in [0.3, 0.4) is 0 Å². The van der Waals surface area contributed by atoms with Crippen LogP contribution in [-0.2, 0) is 4.74 Å². The topological polar surface area (TPSA) is 108 Å². The first-order chi connectivity index (χ1) is 16.5. The Kier molecular flexibility index (Phi) is 7.14. The fourth-order valence-electron chi connectivity index (χ4n) is 4.79. The summed E-state index contributed by atoms with van der Waals surface area (Å²) in [5.41, 5.74) is 0.202. The minimum Gasteiger partial charge on any atom is -0.444 e. The van der Waals surface area contributed by atoms with Crippen LogP contribution in [0.4, 0.5) is 31.2 Å². The van der Waals surface area contributed by atoms with E-state index in [1.165, 1.54) is 0 Å². The molecule has 35 heavy (non-hydrogen) atoms. The van der Waals surface area contributed by atoms with Gasteiger partial charge in [0.2, 0.25) is 11.9 Å². The average molecular weight is 492 g/mol. The molecule has 3 N–H and O–H groups in total. The maximum absolute atomic E-state index is 13.5. The number of aromatic amines is 1. The number of amides is 1. The molecule has 1 unspecified atom stereocenters. The summed E-state index contributed by atoms with van der Waals surface area (Å²) in [4.78, 5) is 23.1. The number of alkyl carbamates (subject to hydrolysis) is 1. The van der Waals surface area contributed by atoms with Crippen LogP contribution in [0.25, 0.3) is 0 Å². The van der Waals surface area contributed by atoms with Crippen molar-refractivity contribution < 1.29 is 18.3 Å². The molecular formula is C24H35F2N7O2. The molecule has 0 saturated heterocycles. The maximum atomic E-state index is 13.5. The summed E-state index contributed by atoms with van der Waals surface area (Å²) in [6.07, 6.45) is 5.02. The Hall–Kier alpha value is -2.98. The first kappa shape index (κ1) is 25.1. The molecule has 11 heteroatoms. The molecule has 4 rings (SSSR count). The molecule has 1 amide bonds. The van der Waals surface area contributed by atoms with Crippen molar-refractivity contribution in [3.63, 3.8) is 0 Å². The van der Waals surface area contributed by atoms with E-state index in [4.69, 9.17) is 4.74 Å². The molecule has 2 aliphatic carbocycles. The van der Waals surface area contributed by atoms with Gasteiger partial charge in [-0.15, -0.1) is 0 Å². The van der Waals surface area contributed by atoms with Crippen molar-refractivity contribution >= 4 is 23.7 Å². The lowest BCUT2D eigenvalue weighted by Crippen LogP contribution is -2.44. The van der Waals surface area contributed by atoms with E-state index in [0.29, 0.717) is 29.7 Å². The normalized spacial score (nSPS) is 24.1. The summed E-state index contributed by atoms with van der Waals surface area (Å²) in [7, 11) is 1.97. The van der Waals surface area contributed by atoms with E-state index in [9.17, 15) is 13.6 Å². The summed E-state index contributed by atoms with van der Waals surface area (Å²) in [5, 5.41) is 13.2. The number of anilines is 3. The monoisotopic (exact) mass is 491 g/mol. The molecule has 0 bridgehead atoms. The van der Waals surface area contributed by atoms with Gasteiger partial charge in [0, 0.05) is 55.8 Å². The lowest BCUT2D eigenvalue weighted by atomic mass is 9.90. The highest BCUT2D eigenvalue weighted by Gasteiger charge is 2.40. The zero-order valence-electron chi connectivity index (χ0n) is 20.8. The number of alkyl halides is 2. The minimum atomic E-state index is -2.60. The van der Waals surface area contributed by atoms with Crippen molar-refractivity contribution in [2.45, 2.75) is 95.2 Å². The van der Waals surface area contributed by atoms with Gasteiger partial charge in [0.05, 0.1) is 0 Å². The third kappa shape index (κ3) is 6.79. The fraction of sp³-hybridized carbons (Fsp3) is 0.667. The SMILES string of the molecule is CN(c1nccc(Nc2cc(C3CCC(F)(F)C3)[nH]n2)n1)C1CCC(NC(=O)OC(C)(C)C)CC1. The molecule has 2 saturated carbocycles. The summed E-state index contributed by atoms with van der Waals surface area (Å²) >= 11 is 0. The summed E-state index contributed by atoms with van der Waals surface area (Å²) < 4.78 is 32.5. The molecule has 0 radical (unpaired) electrons. The zero-order valence-corrected chi connectivity index (χ0v) is 20.8. The van der Waals surface area contributed by atoms with Crippen LogP contribution in [0, 0.1) is 0 Å². The molecular weight excluding hydrogens is 456 g/mol. The third-order valence-electron chi connectivity index (χ3n) is 6.62. The van der Waals surface area contributed by atoms with Crippen LogP contribution in [0.2, 0.25) is 0 Å². The van der Waals surface area contributed by atoms with E-state index < -0.39 is 11.5 Å². The molecule has 0 aliphatic heterocycles. The van der Waals surface area contributed by atoms with Crippen LogP contribution in [0.1, 0.15) is 77.3 Å². The van der Waals surface area contributed by atoms with Gasteiger partial charge in [0.15, 0.2) is 5.82 Å². The van der Waals surface area contributed by atoms with E-state index in [1.54, 1.807) is 18.3 Å². The number of rotatable bonds is 6. The molecule has 0 spiro atoms. The van der Waals surface area contributed by atoms with Crippen molar-refractivity contribution in [3.05, 3.63) is 24.0 Å². The molecule has 0 aromatic carbocycles. The predicted octanol–water partition coefficient (Wildman–Crippen LogP) is 5.12. The number of carbonyl (C=O) groups is 1. The minimum absolute atomic E-state index is 0.0833. The van der Waals surface area contributed by atoms with Gasteiger partial charge >= 0.3 is 6.09 Å². The Morgan fingerprint density at radius 1 is 1.20 bits per heavy atom. The second-order valence-electron chi connectivity index (χ2n) is 10.6. The Balaban J connectivity index is 1.30. The van der Waals surface area contributed by atoms with Crippen LogP contribution in [-0.4, -0.2) is 56.9 Å². The zero-order chi connectivity index (χ0) is 25.2. The smallest absolute Gasteiger partial charge is 0.407 e. The van der Waals surface area contributed by atoms with Gasteiger partial charge in [0.25, 0.3) is 0 Å². The van der Waals surface area contributed by atoms with Crippen LogP contribution in [0.5, 0.6) is 0 Å². The van der Waals surface area contributed by atoms with Crippen molar-refractivity contribution in [2.24, 2.45) is 0 Å². The van der Waals surface area contributed by atoms with Gasteiger partial charge < -0.3 is 20.3 Å². The lowest BCUT2D eigenvalue weighted by molar-refractivity contribution is 0.00764. The van der Waals surface area contributed by atoms with E-state index in [0.717, 1.165) is 25.7 Å². The van der Waals surface area contributed by atoms with Crippen LogP contribution in [0.15, 0.2) is 18.3 Å². The van der Waals surface area contributed by atoms with E-state index in [2.05, 4.69) is 35.7 Å². The van der Waals surface area contributed by atoms with Gasteiger partial charge in [-0.25, -0.2) is 18.6 Å². The number of carbonyl (C=O) groups excluding carboxylic acids is 1. The van der Waals surface area contributed by atoms with Gasteiger partial charge in [-0.2, -0.15) is 10.1 Å². The molecule has 9 nitrogen and oxygen atoms in total. The predicted molar refractivity (Wildman–Crippen MR) is 129 cm³/mol.